The minimum atomic E-state index is 0.180. The Labute approximate surface area is 117 Å². The second kappa shape index (κ2) is 6.06. The van der Waals surface area contributed by atoms with Crippen molar-refractivity contribution in [3.05, 3.63) is 33.9 Å². The fourth-order valence-electron chi connectivity index (χ4n) is 3.37. The van der Waals surface area contributed by atoms with Crippen molar-refractivity contribution >= 4 is 0 Å². The van der Waals surface area contributed by atoms with Gasteiger partial charge in [0, 0.05) is 0 Å². The van der Waals surface area contributed by atoms with Gasteiger partial charge in [0.25, 0.3) is 0 Å². The number of aliphatic hydroxyl groups excluding tert-OH is 1. The third-order valence-corrected chi connectivity index (χ3v) is 4.76. The zero-order valence-corrected chi connectivity index (χ0v) is 12.8. The van der Waals surface area contributed by atoms with E-state index in [9.17, 15) is 5.11 Å². The molecule has 1 heterocycles. The number of hydrogen-bond donors (Lipinski definition) is 1. The van der Waals surface area contributed by atoms with Gasteiger partial charge >= 0.3 is 0 Å². The number of likely N-dealkylation sites (tertiary alicyclic amines) is 1. The highest BCUT2D eigenvalue weighted by molar-refractivity contribution is 5.45. The quantitative estimate of drug-likeness (QED) is 0.901. The number of hydrogen-bond acceptors (Lipinski definition) is 2. The summed E-state index contributed by atoms with van der Waals surface area (Å²) in [5, 5.41) is 9.92. The molecule has 1 aromatic carbocycles. The van der Waals surface area contributed by atoms with Crippen LogP contribution < -0.4 is 0 Å². The predicted molar refractivity (Wildman–Crippen MR) is 80.6 cm³/mol. The Hall–Kier alpha value is -0.860. The Kier molecular flexibility index (Phi) is 4.64. The largest absolute Gasteiger partial charge is 0.394 e. The van der Waals surface area contributed by atoms with Crippen LogP contribution >= 0.6 is 0 Å². The molecule has 2 heteroatoms. The number of piperidine rings is 1. The molecular weight excluding hydrogens is 234 g/mol. The molecule has 1 fully saturated rings. The van der Waals surface area contributed by atoms with E-state index >= 15 is 0 Å². The maximum atomic E-state index is 9.92. The summed E-state index contributed by atoms with van der Waals surface area (Å²) in [6.45, 7) is 11.2. The molecule has 2 nitrogen and oxygen atoms in total. The maximum absolute atomic E-state index is 9.92. The van der Waals surface area contributed by atoms with E-state index in [2.05, 4.69) is 38.7 Å². The summed E-state index contributed by atoms with van der Waals surface area (Å²) in [6.07, 6.45) is 3.86. The third-order valence-electron chi connectivity index (χ3n) is 4.76. The Morgan fingerprint density at radius 1 is 1.00 bits per heavy atom. The summed E-state index contributed by atoms with van der Waals surface area (Å²) < 4.78 is 0. The van der Waals surface area contributed by atoms with Crippen molar-refractivity contribution < 1.29 is 5.11 Å². The normalized spacial score (nSPS) is 18.6. The molecule has 0 spiro atoms. The molecule has 0 saturated carbocycles. The van der Waals surface area contributed by atoms with Gasteiger partial charge in [-0.3, -0.25) is 4.90 Å². The van der Waals surface area contributed by atoms with Crippen LogP contribution in [-0.4, -0.2) is 29.7 Å². The summed E-state index contributed by atoms with van der Waals surface area (Å²) in [5.74, 6) is 0. The van der Waals surface area contributed by atoms with Gasteiger partial charge in [-0.2, -0.15) is 0 Å². The Balaban J connectivity index is 2.42. The summed E-state index contributed by atoms with van der Waals surface area (Å²) in [4.78, 5) is 2.47. The lowest BCUT2D eigenvalue weighted by Crippen LogP contribution is -2.36. The van der Waals surface area contributed by atoms with Crippen molar-refractivity contribution in [1.29, 1.82) is 0 Å². The lowest BCUT2D eigenvalue weighted by Gasteiger charge is -2.36. The molecule has 1 atom stereocenters. The van der Waals surface area contributed by atoms with Gasteiger partial charge in [-0.15, -0.1) is 0 Å². The van der Waals surface area contributed by atoms with E-state index in [1.54, 1.807) is 0 Å². The van der Waals surface area contributed by atoms with Crippen LogP contribution in [0.5, 0.6) is 0 Å². The molecule has 0 aromatic heterocycles. The first-order valence-electron chi connectivity index (χ1n) is 7.48. The summed E-state index contributed by atoms with van der Waals surface area (Å²) >= 11 is 0. The fourth-order valence-corrected chi connectivity index (χ4v) is 3.37. The minimum Gasteiger partial charge on any atom is -0.394 e. The SMILES string of the molecule is Cc1cc(C)c(C)c(C(CO)N2CCCCC2)c1C. The van der Waals surface area contributed by atoms with Crippen molar-refractivity contribution in [2.24, 2.45) is 0 Å². The van der Waals surface area contributed by atoms with Crippen molar-refractivity contribution in [3.8, 4) is 0 Å². The van der Waals surface area contributed by atoms with Crippen LogP contribution in [0.15, 0.2) is 6.07 Å². The second-order valence-electron chi connectivity index (χ2n) is 5.97. The Bertz CT molecular complexity index is 421. The van der Waals surface area contributed by atoms with Gasteiger partial charge in [0.1, 0.15) is 0 Å². The number of aryl methyl sites for hydroxylation is 2. The van der Waals surface area contributed by atoms with Gasteiger partial charge in [0.05, 0.1) is 12.6 Å². The summed E-state index contributed by atoms with van der Waals surface area (Å²) in [5.41, 5.74) is 6.75. The van der Waals surface area contributed by atoms with Crippen LogP contribution in [0.2, 0.25) is 0 Å². The number of aliphatic hydroxyl groups is 1. The molecule has 1 aliphatic heterocycles. The average molecular weight is 261 g/mol. The van der Waals surface area contributed by atoms with Gasteiger partial charge in [-0.25, -0.2) is 0 Å². The average Bonchev–Trinajstić information content (AvgIpc) is 2.42. The highest BCUT2D eigenvalue weighted by Crippen LogP contribution is 2.32. The van der Waals surface area contributed by atoms with Gasteiger partial charge in [0.15, 0.2) is 0 Å². The number of nitrogens with zero attached hydrogens (tertiary/aromatic N) is 1. The lowest BCUT2D eigenvalue weighted by atomic mass is 9.88. The minimum absolute atomic E-state index is 0.180. The second-order valence-corrected chi connectivity index (χ2v) is 5.97. The first-order chi connectivity index (χ1) is 9.06. The van der Waals surface area contributed by atoms with Crippen LogP contribution in [0, 0.1) is 27.7 Å². The first-order valence-corrected chi connectivity index (χ1v) is 7.48. The molecule has 0 amide bonds. The molecule has 0 aliphatic carbocycles. The standard InChI is InChI=1S/C17H27NO/c1-12-10-13(2)15(4)17(14(12)3)16(11-19)18-8-6-5-7-9-18/h10,16,19H,5-9,11H2,1-4H3. The molecule has 2 rings (SSSR count). The van der Waals surface area contributed by atoms with Crippen LogP contribution in [0.3, 0.4) is 0 Å². The van der Waals surface area contributed by atoms with Crippen molar-refractivity contribution in [2.45, 2.75) is 53.0 Å². The molecule has 1 saturated heterocycles. The van der Waals surface area contributed by atoms with Crippen LogP contribution in [0.25, 0.3) is 0 Å². The third kappa shape index (κ3) is 2.85. The van der Waals surface area contributed by atoms with Crippen LogP contribution in [-0.2, 0) is 0 Å². The predicted octanol–water partition coefficient (Wildman–Crippen LogP) is 3.44. The maximum Gasteiger partial charge on any atom is 0.0628 e. The Morgan fingerprint density at radius 3 is 2.00 bits per heavy atom. The Morgan fingerprint density at radius 2 is 1.53 bits per heavy atom. The van der Waals surface area contributed by atoms with Crippen molar-refractivity contribution in [1.82, 2.24) is 4.90 Å². The molecule has 0 radical (unpaired) electrons. The van der Waals surface area contributed by atoms with Gasteiger partial charge in [0.2, 0.25) is 0 Å². The van der Waals surface area contributed by atoms with E-state index in [0.717, 1.165) is 13.1 Å². The van der Waals surface area contributed by atoms with E-state index < -0.39 is 0 Å². The van der Waals surface area contributed by atoms with E-state index in [1.165, 1.54) is 47.1 Å². The van der Waals surface area contributed by atoms with E-state index in [-0.39, 0.29) is 12.6 Å². The van der Waals surface area contributed by atoms with Crippen LogP contribution in [0.1, 0.15) is 53.1 Å². The lowest BCUT2D eigenvalue weighted by molar-refractivity contribution is 0.103. The number of rotatable bonds is 3. The van der Waals surface area contributed by atoms with E-state index in [0.29, 0.717) is 0 Å². The molecule has 106 valence electrons. The van der Waals surface area contributed by atoms with E-state index in [1.807, 2.05) is 0 Å². The highest BCUT2D eigenvalue weighted by atomic mass is 16.3. The fraction of sp³-hybridized carbons (Fsp3) is 0.647. The smallest absolute Gasteiger partial charge is 0.0628 e. The first kappa shape index (κ1) is 14.5. The van der Waals surface area contributed by atoms with Gasteiger partial charge < -0.3 is 5.11 Å². The molecule has 1 N–H and O–H groups in total. The van der Waals surface area contributed by atoms with E-state index in [4.69, 9.17) is 0 Å². The molecule has 1 aliphatic rings. The summed E-state index contributed by atoms with van der Waals surface area (Å²) in [6, 6.07) is 2.44. The zero-order valence-electron chi connectivity index (χ0n) is 12.8. The van der Waals surface area contributed by atoms with Crippen molar-refractivity contribution in [2.75, 3.05) is 19.7 Å². The van der Waals surface area contributed by atoms with Crippen LogP contribution in [0.4, 0.5) is 0 Å². The number of benzene rings is 1. The molecule has 1 unspecified atom stereocenters. The van der Waals surface area contributed by atoms with Gasteiger partial charge in [-0.1, -0.05) is 12.5 Å². The topological polar surface area (TPSA) is 23.5 Å². The molecule has 19 heavy (non-hydrogen) atoms. The zero-order chi connectivity index (χ0) is 14.0. The molecular formula is C17H27NO. The monoisotopic (exact) mass is 261 g/mol. The van der Waals surface area contributed by atoms with Gasteiger partial charge in [-0.05, 0) is 81.4 Å². The molecule has 1 aromatic rings. The summed E-state index contributed by atoms with van der Waals surface area (Å²) in [7, 11) is 0. The highest BCUT2D eigenvalue weighted by Gasteiger charge is 2.25. The van der Waals surface area contributed by atoms with Crippen molar-refractivity contribution in [3.63, 3.8) is 0 Å². The molecule has 0 bridgehead atoms.